The lowest BCUT2D eigenvalue weighted by Crippen LogP contribution is -2.22. The molecule has 1 aromatic heterocycles. The van der Waals surface area contributed by atoms with Crippen LogP contribution in [0.4, 0.5) is 10.8 Å². The molecule has 0 saturated carbocycles. The van der Waals surface area contributed by atoms with Crippen LogP contribution in [-0.2, 0) is 11.2 Å². The number of thiazole rings is 1. The highest BCUT2D eigenvalue weighted by Crippen LogP contribution is 2.22. The number of nitrogens with one attached hydrogen (secondary N) is 2. The van der Waals surface area contributed by atoms with Gasteiger partial charge < -0.3 is 10.6 Å². The lowest BCUT2D eigenvalue weighted by molar-refractivity contribution is -0.114. The summed E-state index contributed by atoms with van der Waals surface area (Å²) >= 11 is 4.94. The molecule has 0 unspecified atom stereocenters. The van der Waals surface area contributed by atoms with Crippen molar-refractivity contribution in [2.24, 2.45) is 0 Å². The van der Waals surface area contributed by atoms with Crippen LogP contribution in [-0.4, -0.2) is 17.4 Å². The van der Waals surface area contributed by atoms with E-state index in [1.165, 1.54) is 16.9 Å². The second-order valence-electron chi connectivity index (χ2n) is 6.16. The number of hydrogen-bond donors (Lipinski definition) is 2. The predicted molar refractivity (Wildman–Crippen MR) is 112 cm³/mol. The van der Waals surface area contributed by atoms with Gasteiger partial charge in [-0.2, -0.15) is 0 Å². The number of halogens is 1. The molecule has 0 radical (unpaired) electrons. The van der Waals surface area contributed by atoms with Gasteiger partial charge in [0, 0.05) is 27.7 Å². The molecule has 0 fully saturated rings. The number of anilines is 2. The molecule has 0 aliphatic heterocycles. The largest absolute Gasteiger partial charge is 0.376 e. The lowest BCUT2D eigenvalue weighted by Gasteiger charge is -2.10. The highest BCUT2D eigenvalue weighted by molar-refractivity contribution is 9.10. The summed E-state index contributed by atoms with van der Waals surface area (Å²) in [4.78, 5) is 17.6. The van der Waals surface area contributed by atoms with Crippen molar-refractivity contribution in [3.8, 4) is 0 Å². The fraction of sp³-hybridized carbons (Fsp3) is 0.200. The minimum absolute atomic E-state index is 0.101. The summed E-state index contributed by atoms with van der Waals surface area (Å²) in [6.45, 7) is 4.27. The molecule has 134 valence electrons. The first kappa shape index (κ1) is 18.6. The maximum absolute atomic E-state index is 12.2. The van der Waals surface area contributed by atoms with Crippen molar-refractivity contribution in [1.29, 1.82) is 0 Å². The first-order chi connectivity index (χ1) is 12.5. The summed E-state index contributed by atoms with van der Waals surface area (Å²) in [6, 6.07) is 14.4. The molecule has 1 amide bonds. The summed E-state index contributed by atoms with van der Waals surface area (Å²) in [7, 11) is 0. The predicted octanol–water partition coefficient (Wildman–Crippen LogP) is 5.16. The van der Waals surface area contributed by atoms with Crippen LogP contribution in [0, 0.1) is 13.8 Å². The van der Waals surface area contributed by atoms with Crippen molar-refractivity contribution in [1.82, 2.24) is 4.98 Å². The molecule has 26 heavy (non-hydrogen) atoms. The third-order valence-electron chi connectivity index (χ3n) is 3.92. The molecule has 3 rings (SSSR count). The Morgan fingerprint density at radius 1 is 1.15 bits per heavy atom. The van der Waals surface area contributed by atoms with Gasteiger partial charge in [0.2, 0.25) is 5.91 Å². The van der Waals surface area contributed by atoms with E-state index in [1.54, 1.807) is 0 Å². The summed E-state index contributed by atoms with van der Waals surface area (Å²) in [5.41, 5.74) is 4.48. The number of hydrogen-bond acceptors (Lipinski definition) is 4. The third kappa shape index (κ3) is 5.16. The first-order valence-corrected chi connectivity index (χ1v) is 9.90. The van der Waals surface area contributed by atoms with Crippen LogP contribution >= 0.6 is 27.3 Å². The van der Waals surface area contributed by atoms with Crippen LogP contribution in [0.5, 0.6) is 0 Å². The lowest BCUT2D eigenvalue weighted by atomic mass is 10.1. The second kappa shape index (κ2) is 8.47. The Morgan fingerprint density at radius 2 is 1.92 bits per heavy atom. The van der Waals surface area contributed by atoms with E-state index in [1.807, 2.05) is 44.3 Å². The Morgan fingerprint density at radius 3 is 2.69 bits per heavy atom. The maximum Gasteiger partial charge on any atom is 0.245 e. The van der Waals surface area contributed by atoms with Gasteiger partial charge in [0.25, 0.3) is 0 Å². The molecular weight excluding hydrogens is 410 g/mol. The zero-order valence-electron chi connectivity index (χ0n) is 14.7. The first-order valence-electron chi connectivity index (χ1n) is 8.30. The zero-order valence-corrected chi connectivity index (χ0v) is 17.1. The molecule has 0 saturated heterocycles. The Labute approximate surface area is 165 Å². The van der Waals surface area contributed by atoms with Crippen LogP contribution < -0.4 is 10.6 Å². The summed E-state index contributed by atoms with van der Waals surface area (Å²) < 4.78 is 1.06. The van der Waals surface area contributed by atoms with Gasteiger partial charge >= 0.3 is 0 Å². The molecule has 4 nitrogen and oxygen atoms in total. The number of aryl methyl sites for hydroxylation is 2. The van der Waals surface area contributed by atoms with Crippen molar-refractivity contribution in [2.75, 3.05) is 17.2 Å². The molecule has 0 aliphatic rings. The Balaban J connectivity index is 1.54. The molecule has 0 bridgehead atoms. The molecule has 6 heteroatoms. The van der Waals surface area contributed by atoms with Gasteiger partial charge in [-0.25, -0.2) is 4.98 Å². The number of nitrogens with zero attached hydrogens (tertiary/aromatic N) is 1. The fourth-order valence-electron chi connectivity index (χ4n) is 2.52. The summed E-state index contributed by atoms with van der Waals surface area (Å²) in [6.07, 6.45) is 2.63. The van der Waals surface area contributed by atoms with Crippen molar-refractivity contribution < 1.29 is 4.79 Å². The monoisotopic (exact) mass is 429 g/mol. The van der Waals surface area contributed by atoms with E-state index in [2.05, 4.69) is 49.7 Å². The van der Waals surface area contributed by atoms with Crippen molar-refractivity contribution in [3.05, 3.63) is 74.7 Å². The average Bonchev–Trinajstić information content (AvgIpc) is 3.04. The van der Waals surface area contributed by atoms with Crippen LogP contribution in [0.3, 0.4) is 0 Å². The molecule has 0 spiro atoms. The van der Waals surface area contributed by atoms with E-state index < -0.39 is 0 Å². The smallest absolute Gasteiger partial charge is 0.245 e. The highest BCUT2D eigenvalue weighted by atomic mass is 79.9. The Kier molecular flexibility index (Phi) is 6.06. The summed E-state index contributed by atoms with van der Waals surface area (Å²) in [5, 5.41) is 6.68. The standard InChI is InChI=1S/C20H20BrN3OS/c1-13-3-4-14(2)18(9-13)22-12-19(25)24-20-23-11-17(26-20)10-15-5-7-16(21)8-6-15/h3-9,11,22H,10,12H2,1-2H3,(H,23,24,25). The van der Waals surface area contributed by atoms with Crippen molar-refractivity contribution in [3.63, 3.8) is 0 Å². The van der Waals surface area contributed by atoms with Crippen LogP contribution in [0.25, 0.3) is 0 Å². The molecule has 2 aromatic carbocycles. The van der Waals surface area contributed by atoms with Gasteiger partial charge in [-0.1, -0.05) is 40.2 Å². The van der Waals surface area contributed by atoms with E-state index >= 15 is 0 Å². The molecule has 0 aliphatic carbocycles. The van der Waals surface area contributed by atoms with E-state index in [0.717, 1.165) is 32.6 Å². The minimum atomic E-state index is -0.101. The molecule has 0 atom stereocenters. The van der Waals surface area contributed by atoms with Crippen molar-refractivity contribution in [2.45, 2.75) is 20.3 Å². The van der Waals surface area contributed by atoms with Crippen LogP contribution in [0.1, 0.15) is 21.6 Å². The van der Waals surface area contributed by atoms with E-state index in [0.29, 0.717) is 5.13 Å². The Bertz CT molecular complexity index is 906. The second-order valence-corrected chi connectivity index (χ2v) is 8.19. The normalized spacial score (nSPS) is 10.6. The van der Waals surface area contributed by atoms with Gasteiger partial charge in [-0.3, -0.25) is 4.79 Å². The number of benzene rings is 2. The molecule has 1 heterocycles. The minimum Gasteiger partial charge on any atom is -0.376 e. The van der Waals surface area contributed by atoms with Crippen molar-refractivity contribution >= 4 is 44.0 Å². The average molecular weight is 430 g/mol. The zero-order chi connectivity index (χ0) is 18.5. The van der Waals surface area contributed by atoms with E-state index in [-0.39, 0.29) is 12.5 Å². The molecular formula is C20H20BrN3OS. The number of carbonyl (C=O) groups excluding carboxylic acids is 1. The number of rotatable bonds is 6. The highest BCUT2D eigenvalue weighted by Gasteiger charge is 2.08. The topological polar surface area (TPSA) is 54.0 Å². The van der Waals surface area contributed by atoms with Gasteiger partial charge in [0.15, 0.2) is 5.13 Å². The fourth-order valence-corrected chi connectivity index (χ4v) is 3.64. The number of aromatic nitrogens is 1. The maximum atomic E-state index is 12.2. The SMILES string of the molecule is Cc1ccc(C)c(NCC(=O)Nc2ncc(Cc3ccc(Br)cc3)s2)c1. The molecule has 2 N–H and O–H groups in total. The van der Waals surface area contributed by atoms with Gasteiger partial charge in [0.05, 0.1) is 6.54 Å². The number of carbonyl (C=O) groups is 1. The molecule has 3 aromatic rings. The van der Waals surface area contributed by atoms with Gasteiger partial charge in [0.1, 0.15) is 0 Å². The third-order valence-corrected chi connectivity index (χ3v) is 5.37. The van der Waals surface area contributed by atoms with E-state index in [4.69, 9.17) is 0 Å². The number of amides is 1. The van der Waals surface area contributed by atoms with Crippen LogP contribution in [0.15, 0.2) is 53.1 Å². The van der Waals surface area contributed by atoms with Gasteiger partial charge in [-0.15, -0.1) is 11.3 Å². The quantitative estimate of drug-likeness (QED) is 0.568. The van der Waals surface area contributed by atoms with E-state index in [9.17, 15) is 4.79 Å². The van der Waals surface area contributed by atoms with Gasteiger partial charge in [-0.05, 0) is 48.7 Å². The summed E-state index contributed by atoms with van der Waals surface area (Å²) in [5.74, 6) is -0.101. The Hall–Kier alpha value is -2.18. The van der Waals surface area contributed by atoms with Crippen LogP contribution in [0.2, 0.25) is 0 Å².